The molecule has 1 atom stereocenters. The van der Waals surface area contributed by atoms with Gasteiger partial charge in [-0.2, -0.15) is 0 Å². The summed E-state index contributed by atoms with van der Waals surface area (Å²) in [5.41, 5.74) is 0.903. The summed E-state index contributed by atoms with van der Waals surface area (Å²) in [6.07, 6.45) is 5.46. The van der Waals surface area contributed by atoms with Gasteiger partial charge in [0.2, 0.25) is 11.8 Å². The van der Waals surface area contributed by atoms with Crippen LogP contribution in [-0.4, -0.2) is 24.0 Å². The van der Waals surface area contributed by atoms with Crippen LogP contribution in [0.1, 0.15) is 19.4 Å². The molecule has 24 heavy (non-hydrogen) atoms. The maximum Gasteiger partial charge on any atom is 0.219 e. The Labute approximate surface area is 146 Å². The molecule has 6 heteroatoms. The van der Waals surface area contributed by atoms with Gasteiger partial charge >= 0.3 is 0 Å². The highest BCUT2D eigenvalue weighted by Gasteiger charge is 2.06. The molecular weight excluding hydrogens is 328 g/mol. The molecule has 0 aliphatic heterocycles. The van der Waals surface area contributed by atoms with E-state index in [0.717, 1.165) is 5.56 Å². The number of ether oxygens (including phenoxy) is 2. The number of pyridine rings is 1. The maximum absolute atomic E-state index is 11.0. The summed E-state index contributed by atoms with van der Waals surface area (Å²) in [6.45, 7) is 3.39. The maximum atomic E-state index is 11.0. The smallest absolute Gasteiger partial charge is 0.219 e. The zero-order valence-electron chi connectivity index (χ0n) is 13.7. The molecule has 0 aliphatic carbocycles. The van der Waals surface area contributed by atoms with Crippen LogP contribution in [0, 0.1) is 0 Å². The second-order valence-electron chi connectivity index (χ2n) is 5.18. The van der Waals surface area contributed by atoms with Crippen molar-refractivity contribution in [1.82, 2.24) is 10.3 Å². The van der Waals surface area contributed by atoms with Crippen LogP contribution in [0.2, 0.25) is 5.02 Å². The van der Waals surface area contributed by atoms with Crippen LogP contribution in [0.5, 0.6) is 17.4 Å². The molecule has 0 radical (unpaired) electrons. The van der Waals surface area contributed by atoms with Gasteiger partial charge in [0.25, 0.3) is 0 Å². The first-order valence-corrected chi connectivity index (χ1v) is 7.78. The topological polar surface area (TPSA) is 60.5 Å². The number of nitrogens with one attached hydrogen (secondary N) is 1. The lowest BCUT2D eigenvalue weighted by Gasteiger charge is -2.08. The number of methoxy groups -OCH3 is 1. The Hall–Kier alpha value is -2.53. The Morgan fingerprint density at radius 2 is 2.12 bits per heavy atom. The fourth-order valence-corrected chi connectivity index (χ4v) is 2.19. The third kappa shape index (κ3) is 5.28. The molecular formula is C18H19ClN2O3. The number of benzene rings is 1. The van der Waals surface area contributed by atoms with Crippen LogP contribution in [0.15, 0.2) is 42.6 Å². The monoisotopic (exact) mass is 346 g/mol. The molecule has 0 unspecified atom stereocenters. The second kappa shape index (κ2) is 8.36. The second-order valence-corrected chi connectivity index (χ2v) is 5.58. The summed E-state index contributed by atoms with van der Waals surface area (Å²) < 4.78 is 10.8. The zero-order chi connectivity index (χ0) is 17.5. The molecule has 0 saturated carbocycles. The average molecular weight is 347 g/mol. The summed E-state index contributed by atoms with van der Waals surface area (Å²) in [5, 5.41) is 3.23. The molecule has 0 fully saturated rings. The molecule has 0 aliphatic rings. The Morgan fingerprint density at radius 3 is 2.71 bits per heavy atom. The highest BCUT2D eigenvalue weighted by atomic mass is 35.5. The Kier molecular flexibility index (Phi) is 6.21. The lowest BCUT2D eigenvalue weighted by Crippen LogP contribution is -2.28. The van der Waals surface area contributed by atoms with Crippen molar-refractivity contribution in [3.8, 4) is 17.4 Å². The predicted octanol–water partition coefficient (Wildman–Crippen LogP) is 4.07. The molecule has 0 saturated heterocycles. The Morgan fingerprint density at radius 1 is 1.33 bits per heavy atom. The van der Waals surface area contributed by atoms with Crippen LogP contribution < -0.4 is 14.8 Å². The van der Waals surface area contributed by atoms with E-state index < -0.39 is 0 Å². The summed E-state index contributed by atoms with van der Waals surface area (Å²) in [4.78, 5) is 15.2. The molecule has 2 aromatic rings. The summed E-state index contributed by atoms with van der Waals surface area (Å²) >= 11 is 6.14. The van der Waals surface area contributed by atoms with E-state index in [1.807, 2.05) is 25.1 Å². The minimum Gasteiger partial charge on any atom is -0.497 e. The van der Waals surface area contributed by atoms with E-state index in [4.69, 9.17) is 21.1 Å². The van der Waals surface area contributed by atoms with Gasteiger partial charge in [0.15, 0.2) is 0 Å². The van der Waals surface area contributed by atoms with E-state index in [0.29, 0.717) is 22.4 Å². The average Bonchev–Trinajstić information content (AvgIpc) is 2.55. The molecule has 1 aromatic heterocycles. The van der Waals surface area contributed by atoms with E-state index in [9.17, 15) is 4.79 Å². The number of aromatic nitrogens is 1. The van der Waals surface area contributed by atoms with Crippen LogP contribution in [0.25, 0.3) is 6.08 Å². The number of hydrogen-bond acceptors (Lipinski definition) is 4. The van der Waals surface area contributed by atoms with E-state index in [1.54, 1.807) is 37.6 Å². The van der Waals surface area contributed by atoms with Gasteiger partial charge in [-0.25, -0.2) is 4.98 Å². The first-order valence-electron chi connectivity index (χ1n) is 7.40. The molecule has 0 bridgehead atoms. The van der Waals surface area contributed by atoms with Gasteiger partial charge in [-0.3, -0.25) is 4.79 Å². The predicted molar refractivity (Wildman–Crippen MR) is 94.6 cm³/mol. The van der Waals surface area contributed by atoms with Gasteiger partial charge in [-0.15, -0.1) is 0 Å². The molecule has 5 nitrogen and oxygen atoms in total. The van der Waals surface area contributed by atoms with E-state index in [1.165, 1.54) is 6.92 Å². The van der Waals surface area contributed by atoms with Gasteiger partial charge in [-0.05, 0) is 30.7 Å². The van der Waals surface area contributed by atoms with Crippen molar-refractivity contribution in [1.29, 1.82) is 0 Å². The third-order valence-electron chi connectivity index (χ3n) is 3.12. The van der Waals surface area contributed by atoms with Gasteiger partial charge in [0.05, 0.1) is 12.1 Å². The highest BCUT2D eigenvalue weighted by Crippen LogP contribution is 2.31. The number of rotatable bonds is 6. The van der Waals surface area contributed by atoms with Gasteiger partial charge in [0.1, 0.15) is 11.5 Å². The van der Waals surface area contributed by atoms with Gasteiger partial charge in [-0.1, -0.05) is 23.8 Å². The van der Waals surface area contributed by atoms with Crippen molar-refractivity contribution < 1.29 is 14.3 Å². The number of nitrogens with zero attached hydrogens (tertiary/aromatic N) is 1. The lowest BCUT2D eigenvalue weighted by molar-refractivity contribution is -0.119. The van der Waals surface area contributed by atoms with E-state index in [2.05, 4.69) is 10.3 Å². The molecule has 1 aromatic carbocycles. The minimum atomic E-state index is -0.0645. The zero-order valence-corrected chi connectivity index (χ0v) is 14.5. The number of carbonyl (C=O) groups is 1. The summed E-state index contributed by atoms with van der Waals surface area (Å²) in [5.74, 6) is 1.54. The highest BCUT2D eigenvalue weighted by molar-refractivity contribution is 6.32. The number of carbonyl (C=O) groups excluding carboxylic acids is 1. The Balaban J connectivity index is 2.02. The number of halogens is 1. The van der Waals surface area contributed by atoms with Gasteiger partial charge in [0, 0.05) is 31.3 Å². The van der Waals surface area contributed by atoms with Crippen molar-refractivity contribution in [2.75, 3.05) is 7.11 Å². The minimum absolute atomic E-state index is 0.0449. The van der Waals surface area contributed by atoms with E-state index >= 15 is 0 Å². The SMILES string of the molecule is COc1ccc(Oc2ccc(/C=C/[C@H](C)NC(C)=O)cn2)c(Cl)c1. The van der Waals surface area contributed by atoms with Crippen LogP contribution >= 0.6 is 11.6 Å². The fourth-order valence-electron chi connectivity index (χ4n) is 1.98. The van der Waals surface area contributed by atoms with Crippen LogP contribution in [0.3, 0.4) is 0 Å². The summed E-state index contributed by atoms with van der Waals surface area (Å²) in [7, 11) is 1.58. The number of amides is 1. The van der Waals surface area contributed by atoms with Crippen molar-refractivity contribution >= 4 is 23.6 Å². The number of hydrogen-bond donors (Lipinski definition) is 1. The van der Waals surface area contributed by atoms with Crippen molar-refractivity contribution in [2.24, 2.45) is 0 Å². The molecule has 1 N–H and O–H groups in total. The van der Waals surface area contributed by atoms with Crippen molar-refractivity contribution in [3.05, 3.63) is 53.2 Å². The van der Waals surface area contributed by atoms with Crippen molar-refractivity contribution in [3.63, 3.8) is 0 Å². The first kappa shape index (κ1) is 17.8. The summed E-state index contributed by atoms with van der Waals surface area (Å²) in [6, 6.07) is 8.75. The standard InChI is InChI=1S/C18H19ClN2O3/c1-12(21-13(2)22)4-5-14-6-9-18(20-11-14)24-17-8-7-15(23-3)10-16(17)19/h4-12H,1-3H3,(H,21,22)/b5-4+/t12-/m0/s1. The largest absolute Gasteiger partial charge is 0.497 e. The van der Waals surface area contributed by atoms with Crippen LogP contribution in [-0.2, 0) is 4.79 Å². The molecule has 1 amide bonds. The molecule has 0 spiro atoms. The molecule has 1 heterocycles. The lowest BCUT2D eigenvalue weighted by atomic mass is 10.2. The first-order chi connectivity index (χ1) is 11.5. The molecule has 126 valence electrons. The van der Waals surface area contributed by atoms with Crippen LogP contribution in [0.4, 0.5) is 0 Å². The molecule has 2 rings (SSSR count). The van der Waals surface area contributed by atoms with Gasteiger partial charge < -0.3 is 14.8 Å². The normalized spacial score (nSPS) is 12.0. The third-order valence-corrected chi connectivity index (χ3v) is 3.42. The van der Waals surface area contributed by atoms with Crippen molar-refractivity contribution in [2.45, 2.75) is 19.9 Å². The quantitative estimate of drug-likeness (QED) is 0.856. The Bertz CT molecular complexity index is 730. The fraction of sp³-hybridized carbons (Fsp3) is 0.222. The van der Waals surface area contributed by atoms with E-state index in [-0.39, 0.29) is 11.9 Å².